The molecule has 2 aliphatic heterocycles. The van der Waals surface area contributed by atoms with Gasteiger partial charge in [0.2, 0.25) is 11.8 Å². The number of imide groups is 1. The van der Waals surface area contributed by atoms with Gasteiger partial charge >= 0.3 is 0 Å². The van der Waals surface area contributed by atoms with Gasteiger partial charge in [0, 0.05) is 13.0 Å². The summed E-state index contributed by atoms with van der Waals surface area (Å²) in [7, 11) is 0. The van der Waals surface area contributed by atoms with Crippen LogP contribution in [-0.4, -0.2) is 41.5 Å². The van der Waals surface area contributed by atoms with Crippen molar-refractivity contribution in [1.29, 1.82) is 0 Å². The van der Waals surface area contributed by atoms with Crippen molar-refractivity contribution in [1.82, 2.24) is 4.90 Å². The number of halogens is 2. The molecule has 0 radical (unpaired) electrons. The number of allylic oxidation sites excluding steroid dienone is 2. The molecule has 1 aromatic carbocycles. The fraction of sp³-hybridized carbons (Fsp3) is 0.400. The number of hydrogen-bond donors (Lipinski definition) is 0. The molecular weight excluding hydrogens is 401 g/mol. The first-order valence-electron chi connectivity index (χ1n) is 9.29. The Kier molecular flexibility index (Phi) is 5.25. The second kappa shape index (κ2) is 7.68. The summed E-state index contributed by atoms with van der Waals surface area (Å²) >= 11 is 12.6. The normalized spacial score (nSPS) is 25.7. The molecule has 2 unspecified atom stereocenters. The van der Waals surface area contributed by atoms with Gasteiger partial charge in [0.25, 0.3) is 5.91 Å². The third-order valence-electron chi connectivity index (χ3n) is 5.45. The highest BCUT2D eigenvalue weighted by molar-refractivity contribution is 6.40. The highest BCUT2D eigenvalue weighted by atomic mass is 35.5. The molecule has 0 aromatic heterocycles. The number of carbonyl (C=O) groups excluding carboxylic acids is 3. The van der Waals surface area contributed by atoms with Gasteiger partial charge in [-0.3, -0.25) is 19.3 Å². The predicted molar refractivity (Wildman–Crippen MR) is 108 cm³/mol. The van der Waals surface area contributed by atoms with Crippen LogP contribution in [0.2, 0.25) is 10.0 Å². The number of para-hydroxylation sites is 1. The van der Waals surface area contributed by atoms with Crippen LogP contribution in [0.5, 0.6) is 0 Å². The fourth-order valence-electron chi connectivity index (χ4n) is 4.10. The van der Waals surface area contributed by atoms with Crippen LogP contribution in [0.3, 0.4) is 0 Å². The molecule has 6 nitrogen and oxygen atoms in total. The number of carbonyl (C=O) groups is 3. The Hall–Kier alpha value is -2.18. The maximum Gasteiger partial charge on any atom is 0.267 e. The molecule has 2 saturated heterocycles. The van der Waals surface area contributed by atoms with Crippen LogP contribution in [0.1, 0.15) is 25.7 Å². The van der Waals surface area contributed by atoms with E-state index in [1.54, 1.807) is 18.2 Å². The van der Waals surface area contributed by atoms with Crippen molar-refractivity contribution >= 4 is 52.4 Å². The number of rotatable bonds is 3. The number of fused-ring (bicyclic) bond motifs is 1. The monoisotopic (exact) mass is 419 g/mol. The summed E-state index contributed by atoms with van der Waals surface area (Å²) in [4.78, 5) is 44.7. The molecule has 4 rings (SSSR count). The number of anilines is 1. The lowest BCUT2D eigenvalue weighted by molar-refractivity contribution is -0.142. The SMILES string of the molecule is O=C(CN1C(=O)C2CC=CCC2C1=O)N=C1CCCN1c1c(Cl)cccc1Cl. The number of benzene rings is 1. The lowest BCUT2D eigenvalue weighted by atomic mass is 9.85. The number of likely N-dealkylation sites (tertiary alicyclic amines) is 1. The number of aliphatic imine (C=N–C) groups is 1. The van der Waals surface area contributed by atoms with Gasteiger partial charge < -0.3 is 4.90 Å². The smallest absolute Gasteiger partial charge is 0.267 e. The minimum Gasteiger partial charge on any atom is -0.327 e. The standard InChI is InChI=1S/C20H19Cl2N3O3/c21-14-7-3-8-15(22)18(14)24-10-4-9-16(24)23-17(26)11-25-19(27)12-5-1-2-6-13(12)20(25)28/h1-3,7-8,12-13H,4-6,9-11H2. The van der Waals surface area contributed by atoms with Gasteiger partial charge in [0.1, 0.15) is 12.4 Å². The Bertz CT molecular complexity index is 866. The minimum absolute atomic E-state index is 0.273. The molecular formula is C20H19Cl2N3O3. The van der Waals surface area contributed by atoms with Gasteiger partial charge in [0.05, 0.1) is 27.6 Å². The maximum atomic E-state index is 12.6. The number of hydrogen-bond acceptors (Lipinski definition) is 3. The van der Waals surface area contributed by atoms with Gasteiger partial charge in [-0.05, 0) is 31.4 Å². The van der Waals surface area contributed by atoms with Crippen molar-refractivity contribution in [2.45, 2.75) is 25.7 Å². The van der Waals surface area contributed by atoms with Crippen molar-refractivity contribution < 1.29 is 14.4 Å². The number of amidine groups is 1. The van der Waals surface area contributed by atoms with Crippen LogP contribution < -0.4 is 4.90 Å². The van der Waals surface area contributed by atoms with Gasteiger partial charge in [-0.15, -0.1) is 0 Å². The summed E-state index contributed by atoms with van der Waals surface area (Å²) in [5.74, 6) is -1.20. The van der Waals surface area contributed by atoms with E-state index in [0.717, 1.165) is 11.3 Å². The third-order valence-corrected chi connectivity index (χ3v) is 6.06. The molecule has 3 amide bonds. The second-order valence-corrected chi connectivity index (χ2v) is 7.98. The van der Waals surface area contributed by atoms with Crippen LogP contribution in [0.4, 0.5) is 5.69 Å². The van der Waals surface area contributed by atoms with Crippen LogP contribution in [0, 0.1) is 11.8 Å². The lowest BCUT2D eigenvalue weighted by Crippen LogP contribution is -2.36. The van der Waals surface area contributed by atoms with Crippen molar-refractivity contribution in [3.05, 3.63) is 40.4 Å². The van der Waals surface area contributed by atoms with E-state index in [-0.39, 0.29) is 30.2 Å². The van der Waals surface area contributed by atoms with Crippen molar-refractivity contribution in [2.75, 3.05) is 18.0 Å². The van der Waals surface area contributed by atoms with Gasteiger partial charge in [-0.2, -0.15) is 4.99 Å². The van der Waals surface area contributed by atoms with Crippen molar-refractivity contribution in [2.24, 2.45) is 16.8 Å². The average molecular weight is 420 g/mol. The van der Waals surface area contributed by atoms with Crippen molar-refractivity contribution in [3.8, 4) is 0 Å². The summed E-state index contributed by atoms with van der Waals surface area (Å²) in [6, 6.07) is 5.22. The summed E-state index contributed by atoms with van der Waals surface area (Å²) in [6.45, 7) is 0.325. The first-order valence-corrected chi connectivity index (χ1v) is 10.0. The van der Waals surface area contributed by atoms with E-state index in [1.807, 2.05) is 17.1 Å². The fourth-order valence-corrected chi connectivity index (χ4v) is 4.70. The van der Waals surface area contributed by atoms with E-state index in [2.05, 4.69) is 4.99 Å². The molecule has 1 aromatic rings. The summed E-state index contributed by atoms with van der Waals surface area (Å²) in [6.07, 6.45) is 6.35. The van der Waals surface area contributed by atoms with Crippen LogP contribution in [-0.2, 0) is 14.4 Å². The molecule has 0 bridgehead atoms. The summed E-state index contributed by atoms with van der Waals surface area (Å²) in [5.41, 5.74) is 0.625. The average Bonchev–Trinajstić information content (AvgIpc) is 3.21. The molecule has 0 saturated carbocycles. The molecule has 28 heavy (non-hydrogen) atoms. The zero-order chi connectivity index (χ0) is 19.8. The molecule has 0 spiro atoms. The highest BCUT2D eigenvalue weighted by Gasteiger charge is 2.47. The Labute approximate surface area is 172 Å². The molecule has 8 heteroatoms. The summed E-state index contributed by atoms with van der Waals surface area (Å²) < 4.78 is 0. The second-order valence-electron chi connectivity index (χ2n) is 7.17. The zero-order valence-corrected chi connectivity index (χ0v) is 16.6. The number of nitrogens with zero attached hydrogens (tertiary/aromatic N) is 3. The molecule has 2 fully saturated rings. The predicted octanol–water partition coefficient (Wildman–Crippen LogP) is 3.47. The van der Waals surface area contributed by atoms with E-state index >= 15 is 0 Å². The van der Waals surface area contributed by atoms with Gasteiger partial charge in [0.15, 0.2) is 0 Å². The van der Waals surface area contributed by atoms with Crippen LogP contribution in [0.15, 0.2) is 35.3 Å². The van der Waals surface area contributed by atoms with Crippen molar-refractivity contribution in [3.63, 3.8) is 0 Å². The molecule has 2 atom stereocenters. The van der Waals surface area contributed by atoms with E-state index in [1.165, 1.54) is 0 Å². The molecule has 146 valence electrons. The third kappa shape index (κ3) is 3.35. The largest absolute Gasteiger partial charge is 0.327 e. The lowest BCUT2D eigenvalue weighted by Gasteiger charge is -2.21. The minimum atomic E-state index is -0.515. The van der Waals surface area contributed by atoms with E-state index in [4.69, 9.17) is 23.2 Å². The molecule has 2 heterocycles. The van der Waals surface area contributed by atoms with E-state index in [0.29, 0.717) is 47.4 Å². The van der Waals surface area contributed by atoms with E-state index in [9.17, 15) is 14.4 Å². The summed E-state index contributed by atoms with van der Waals surface area (Å²) in [5, 5.41) is 0.965. The quantitative estimate of drug-likeness (QED) is 0.555. The Morgan fingerprint density at radius 1 is 1.07 bits per heavy atom. The molecule has 0 N–H and O–H groups in total. The van der Waals surface area contributed by atoms with Gasteiger partial charge in [-0.1, -0.05) is 41.4 Å². The molecule has 3 aliphatic rings. The Morgan fingerprint density at radius 2 is 1.68 bits per heavy atom. The number of amides is 3. The Morgan fingerprint density at radius 3 is 2.29 bits per heavy atom. The molecule has 1 aliphatic carbocycles. The van der Waals surface area contributed by atoms with Crippen LogP contribution >= 0.6 is 23.2 Å². The maximum absolute atomic E-state index is 12.6. The van der Waals surface area contributed by atoms with E-state index < -0.39 is 5.91 Å². The first kappa shape index (κ1) is 19.2. The Balaban J connectivity index is 1.52. The topological polar surface area (TPSA) is 70.0 Å². The zero-order valence-electron chi connectivity index (χ0n) is 15.1. The van der Waals surface area contributed by atoms with Crippen LogP contribution in [0.25, 0.3) is 0 Å². The first-order chi connectivity index (χ1) is 13.5. The highest BCUT2D eigenvalue weighted by Crippen LogP contribution is 2.37. The van der Waals surface area contributed by atoms with Gasteiger partial charge in [-0.25, -0.2) is 0 Å².